The number of ether oxygens (including phenoxy) is 3. The molecule has 1 aliphatic carbocycles. The van der Waals surface area contributed by atoms with Crippen LogP contribution in [0.3, 0.4) is 0 Å². The van der Waals surface area contributed by atoms with Gasteiger partial charge < -0.3 is 19.5 Å². The van der Waals surface area contributed by atoms with Crippen LogP contribution < -0.4 is 5.32 Å². The summed E-state index contributed by atoms with van der Waals surface area (Å²) in [7, 11) is 3.69. The van der Waals surface area contributed by atoms with Crippen LogP contribution in [0.15, 0.2) is 0 Å². The summed E-state index contributed by atoms with van der Waals surface area (Å²) in [6, 6.07) is 0.430. The highest BCUT2D eigenvalue weighted by Gasteiger charge is 2.42. The van der Waals surface area contributed by atoms with Crippen molar-refractivity contribution in [1.29, 1.82) is 0 Å². The van der Waals surface area contributed by atoms with E-state index in [0.29, 0.717) is 12.6 Å². The Balaban J connectivity index is 2.22. The molecule has 4 atom stereocenters. The highest BCUT2D eigenvalue weighted by Crippen LogP contribution is 2.27. The summed E-state index contributed by atoms with van der Waals surface area (Å²) in [4.78, 5) is 0. The van der Waals surface area contributed by atoms with Crippen molar-refractivity contribution in [2.75, 3.05) is 27.4 Å². The summed E-state index contributed by atoms with van der Waals surface area (Å²) in [5, 5.41) is 3.21. The molecule has 0 aromatic rings. The van der Waals surface area contributed by atoms with E-state index in [1.54, 1.807) is 7.11 Å². The first-order chi connectivity index (χ1) is 7.22. The minimum atomic E-state index is 0.144. The molecule has 0 spiro atoms. The van der Waals surface area contributed by atoms with Crippen LogP contribution in [-0.4, -0.2) is 51.7 Å². The van der Waals surface area contributed by atoms with E-state index in [1.165, 1.54) is 0 Å². The first-order valence-corrected chi connectivity index (χ1v) is 5.66. The molecule has 0 saturated heterocycles. The third-order valence-electron chi connectivity index (χ3n) is 2.86. The average Bonchev–Trinajstić information content (AvgIpc) is 2.21. The fourth-order valence-corrected chi connectivity index (χ4v) is 1.93. The van der Waals surface area contributed by atoms with Gasteiger partial charge in [-0.3, -0.25) is 0 Å². The Morgan fingerprint density at radius 3 is 2.73 bits per heavy atom. The summed E-state index contributed by atoms with van der Waals surface area (Å²) in [5.74, 6) is 0. The topological polar surface area (TPSA) is 39.7 Å². The predicted octanol–water partition coefficient (Wildman–Crippen LogP) is 0.803. The van der Waals surface area contributed by atoms with Crippen molar-refractivity contribution in [3.05, 3.63) is 0 Å². The Morgan fingerprint density at radius 2 is 2.20 bits per heavy atom. The maximum absolute atomic E-state index is 5.83. The van der Waals surface area contributed by atoms with Crippen molar-refractivity contribution in [1.82, 2.24) is 5.32 Å². The molecule has 4 unspecified atom stereocenters. The fraction of sp³-hybridized carbons (Fsp3) is 1.00. The average molecular weight is 217 g/mol. The zero-order valence-electron chi connectivity index (χ0n) is 10.2. The molecule has 0 aromatic heterocycles. The second kappa shape index (κ2) is 6.43. The van der Waals surface area contributed by atoms with E-state index >= 15 is 0 Å². The molecular weight excluding hydrogens is 194 g/mol. The van der Waals surface area contributed by atoms with E-state index in [0.717, 1.165) is 13.0 Å². The van der Waals surface area contributed by atoms with Crippen molar-refractivity contribution in [3.8, 4) is 0 Å². The van der Waals surface area contributed by atoms with Gasteiger partial charge in [-0.05, 0) is 27.3 Å². The lowest BCUT2D eigenvalue weighted by Gasteiger charge is -2.44. The molecule has 1 aliphatic rings. The van der Waals surface area contributed by atoms with E-state index in [1.807, 2.05) is 20.9 Å². The predicted molar refractivity (Wildman–Crippen MR) is 59.1 cm³/mol. The van der Waals surface area contributed by atoms with Crippen LogP contribution in [-0.2, 0) is 14.2 Å². The molecular formula is C11H23NO3. The molecule has 0 amide bonds. The smallest absolute Gasteiger partial charge is 0.0986 e. The second-order valence-electron chi connectivity index (χ2n) is 3.98. The Kier molecular flexibility index (Phi) is 5.53. The van der Waals surface area contributed by atoms with E-state index in [2.05, 4.69) is 5.32 Å². The molecule has 90 valence electrons. The van der Waals surface area contributed by atoms with Crippen LogP contribution in [0.1, 0.15) is 20.3 Å². The summed E-state index contributed by atoms with van der Waals surface area (Å²) < 4.78 is 16.5. The zero-order valence-corrected chi connectivity index (χ0v) is 10.2. The maximum atomic E-state index is 5.83. The molecule has 1 saturated carbocycles. The highest BCUT2D eigenvalue weighted by atomic mass is 16.6. The van der Waals surface area contributed by atoms with Gasteiger partial charge in [0.1, 0.15) is 0 Å². The van der Waals surface area contributed by atoms with E-state index in [4.69, 9.17) is 14.2 Å². The number of hydrogen-bond acceptors (Lipinski definition) is 4. The molecule has 0 bridgehead atoms. The molecule has 4 nitrogen and oxygen atoms in total. The lowest BCUT2D eigenvalue weighted by Crippen LogP contribution is -2.59. The number of likely N-dealkylation sites (N-methyl/N-ethyl adjacent to an activating group) is 1. The molecule has 1 rings (SSSR count). The fourth-order valence-electron chi connectivity index (χ4n) is 1.93. The SMILES string of the molecule is CCOCC(C)OC1CC(NC)C1OC. The van der Waals surface area contributed by atoms with Gasteiger partial charge in [-0.1, -0.05) is 0 Å². The van der Waals surface area contributed by atoms with Gasteiger partial charge in [0.15, 0.2) is 0 Å². The summed E-state index contributed by atoms with van der Waals surface area (Å²) in [6.45, 7) is 5.43. The second-order valence-corrected chi connectivity index (χ2v) is 3.98. The molecule has 4 heteroatoms. The van der Waals surface area contributed by atoms with E-state index in [-0.39, 0.29) is 18.3 Å². The molecule has 15 heavy (non-hydrogen) atoms. The molecule has 1 N–H and O–H groups in total. The van der Waals surface area contributed by atoms with Crippen LogP contribution in [0, 0.1) is 0 Å². The van der Waals surface area contributed by atoms with Crippen molar-refractivity contribution in [2.24, 2.45) is 0 Å². The molecule has 0 heterocycles. The zero-order chi connectivity index (χ0) is 11.3. The van der Waals surface area contributed by atoms with Gasteiger partial charge in [0.05, 0.1) is 24.9 Å². The largest absolute Gasteiger partial charge is 0.379 e. The minimum absolute atomic E-state index is 0.144. The first-order valence-electron chi connectivity index (χ1n) is 5.66. The van der Waals surface area contributed by atoms with Crippen molar-refractivity contribution >= 4 is 0 Å². The van der Waals surface area contributed by atoms with Gasteiger partial charge in [0, 0.05) is 19.8 Å². The Hall–Kier alpha value is -0.160. The van der Waals surface area contributed by atoms with Crippen molar-refractivity contribution < 1.29 is 14.2 Å². The molecule has 1 fully saturated rings. The normalized spacial score (nSPS) is 32.4. The Labute approximate surface area is 92.3 Å². The molecule has 0 radical (unpaired) electrons. The highest BCUT2D eigenvalue weighted by molar-refractivity contribution is 4.96. The summed E-state index contributed by atoms with van der Waals surface area (Å²) in [6.07, 6.45) is 1.55. The first kappa shape index (κ1) is 12.9. The number of hydrogen-bond donors (Lipinski definition) is 1. The molecule has 0 aliphatic heterocycles. The Bertz CT molecular complexity index is 177. The van der Waals surface area contributed by atoms with Gasteiger partial charge in [0.2, 0.25) is 0 Å². The van der Waals surface area contributed by atoms with Gasteiger partial charge in [-0.15, -0.1) is 0 Å². The van der Waals surface area contributed by atoms with Gasteiger partial charge in [0.25, 0.3) is 0 Å². The van der Waals surface area contributed by atoms with Crippen LogP contribution in [0.25, 0.3) is 0 Å². The lowest BCUT2D eigenvalue weighted by molar-refractivity contribution is -0.162. The van der Waals surface area contributed by atoms with Crippen LogP contribution >= 0.6 is 0 Å². The van der Waals surface area contributed by atoms with Crippen molar-refractivity contribution in [2.45, 2.75) is 44.6 Å². The van der Waals surface area contributed by atoms with Gasteiger partial charge >= 0.3 is 0 Å². The van der Waals surface area contributed by atoms with E-state index in [9.17, 15) is 0 Å². The Morgan fingerprint density at radius 1 is 1.47 bits per heavy atom. The quantitative estimate of drug-likeness (QED) is 0.685. The van der Waals surface area contributed by atoms with Crippen LogP contribution in [0.2, 0.25) is 0 Å². The van der Waals surface area contributed by atoms with Crippen molar-refractivity contribution in [3.63, 3.8) is 0 Å². The lowest BCUT2D eigenvalue weighted by atomic mass is 9.85. The van der Waals surface area contributed by atoms with Gasteiger partial charge in [-0.25, -0.2) is 0 Å². The maximum Gasteiger partial charge on any atom is 0.0986 e. The standard InChI is InChI=1S/C11H23NO3/c1-5-14-7-8(2)15-10-6-9(12-3)11(10)13-4/h8-12H,5-7H2,1-4H3. The molecule has 0 aromatic carbocycles. The number of nitrogens with one attached hydrogen (secondary N) is 1. The summed E-state index contributed by atoms with van der Waals surface area (Å²) >= 11 is 0. The summed E-state index contributed by atoms with van der Waals surface area (Å²) in [5.41, 5.74) is 0. The third-order valence-corrected chi connectivity index (χ3v) is 2.86. The number of methoxy groups -OCH3 is 1. The monoisotopic (exact) mass is 217 g/mol. The van der Waals surface area contributed by atoms with Crippen LogP contribution in [0.5, 0.6) is 0 Å². The third kappa shape index (κ3) is 3.41. The van der Waals surface area contributed by atoms with Crippen LogP contribution in [0.4, 0.5) is 0 Å². The minimum Gasteiger partial charge on any atom is -0.379 e. The number of rotatable bonds is 7. The van der Waals surface area contributed by atoms with E-state index < -0.39 is 0 Å². The van der Waals surface area contributed by atoms with Gasteiger partial charge in [-0.2, -0.15) is 0 Å².